The fourth-order valence-corrected chi connectivity index (χ4v) is 2.74. The molecule has 1 aromatic rings. The van der Waals surface area contributed by atoms with Crippen LogP contribution in [0.3, 0.4) is 0 Å². The number of benzene rings is 1. The first kappa shape index (κ1) is 17.1. The van der Waals surface area contributed by atoms with Gasteiger partial charge in [-0.15, -0.1) is 0 Å². The molecule has 1 amide bonds. The number of methoxy groups -OCH3 is 3. The highest BCUT2D eigenvalue weighted by molar-refractivity contribution is 5.97. The maximum Gasteiger partial charge on any atom is 0.271 e. The summed E-state index contributed by atoms with van der Waals surface area (Å²) in [5, 5.41) is 4.30. The molecule has 0 saturated heterocycles. The number of nitrogens with zero attached hydrogens (tertiary/aromatic N) is 1. The minimum atomic E-state index is -0.297. The monoisotopic (exact) mass is 320 g/mol. The Morgan fingerprint density at radius 1 is 1.13 bits per heavy atom. The lowest BCUT2D eigenvalue weighted by Crippen LogP contribution is -2.24. The molecule has 0 spiro atoms. The topological polar surface area (TPSA) is 69.2 Å². The van der Waals surface area contributed by atoms with Crippen LogP contribution in [-0.2, 0) is 0 Å². The standard InChI is InChI=1S/C17H24N2O4/c1-11-7-5-6-8-13(11)18-19-17(20)12-9-14(21-2)16(23-4)15(10-12)22-3/h9-11H,5-8H2,1-4H3,(H,19,20)/b18-13+. The molecule has 23 heavy (non-hydrogen) atoms. The lowest BCUT2D eigenvalue weighted by atomic mass is 9.89. The molecule has 0 aliphatic heterocycles. The second-order valence-electron chi connectivity index (χ2n) is 5.60. The number of amides is 1. The Hall–Kier alpha value is -2.24. The fourth-order valence-electron chi connectivity index (χ4n) is 2.74. The Balaban J connectivity index is 2.20. The predicted molar refractivity (Wildman–Crippen MR) is 88.6 cm³/mol. The molecular formula is C17H24N2O4. The van der Waals surface area contributed by atoms with Crippen molar-refractivity contribution in [2.75, 3.05) is 21.3 Å². The molecule has 0 radical (unpaired) electrons. The van der Waals surface area contributed by atoms with Crippen LogP contribution in [0.2, 0.25) is 0 Å². The Labute approximate surface area is 136 Å². The fraction of sp³-hybridized carbons (Fsp3) is 0.529. The predicted octanol–water partition coefficient (Wildman–Crippen LogP) is 3.01. The highest BCUT2D eigenvalue weighted by Gasteiger charge is 2.19. The molecule has 2 rings (SSSR count). The van der Waals surface area contributed by atoms with Gasteiger partial charge in [-0.3, -0.25) is 4.79 Å². The van der Waals surface area contributed by atoms with Crippen molar-refractivity contribution in [3.05, 3.63) is 17.7 Å². The maximum atomic E-state index is 12.4. The van der Waals surface area contributed by atoms with Crippen molar-refractivity contribution >= 4 is 11.6 Å². The molecule has 1 aromatic carbocycles. The summed E-state index contributed by atoms with van der Waals surface area (Å²) < 4.78 is 15.8. The van der Waals surface area contributed by atoms with E-state index in [2.05, 4.69) is 17.5 Å². The molecule has 1 fully saturated rings. The normalized spacial score (nSPS) is 19.3. The first-order chi connectivity index (χ1) is 11.1. The number of hydrazone groups is 1. The number of hydrogen-bond acceptors (Lipinski definition) is 5. The highest BCUT2D eigenvalue weighted by atomic mass is 16.5. The molecule has 126 valence electrons. The second kappa shape index (κ2) is 7.85. The number of rotatable bonds is 5. The summed E-state index contributed by atoms with van der Waals surface area (Å²) in [6.07, 6.45) is 4.42. The number of ether oxygens (including phenoxy) is 3. The molecule has 1 N–H and O–H groups in total. The van der Waals surface area contributed by atoms with Crippen molar-refractivity contribution in [3.63, 3.8) is 0 Å². The van der Waals surface area contributed by atoms with E-state index in [0.717, 1.165) is 25.0 Å². The summed E-state index contributed by atoms with van der Waals surface area (Å²) >= 11 is 0. The molecule has 1 aliphatic rings. The average molecular weight is 320 g/mol. The molecule has 1 aliphatic carbocycles. The van der Waals surface area contributed by atoms with Gasteiger partial charge in [0, 0.05) is 11.3 Å². The summed E-state index contributed by atoms with van der Waals surface area (Å²) in [6.45, 7) is 2.14. The number of hydrogen-bond donors (Lipinski definition) is 1. The first-order valence-corrected chi connectivity index (χ1v) is 7.77. The van der Waals surface area contributed by atoms with Gasteiger partial charge in [-0.1, -0.05) is 13.3 Å². The molecule has 1 atom stereocenters. The molecule has 0 heterocycles. The van der Waals surface area contributed by atoms with Crippen LogP contribution in [0.5, 0.6) is 17.2 Å². The van der Waals surface area contributed by atoms with Gasteiger partial charge in [0.05, 0.1) is 21.3 Å². The number of nitrogens with one attached hydrogen (secondary N) is 1. The third kappa shape index (κ3) is 3.94. The van der Waals surface area contributed by atoms with Gasteiger partial charge in [0.1, 0.15) is 0 Å². The van der Waals surface area contributed by atoms with E-state index in [1.165, 1.54) is 27.8 Å². The van der Waals surface area contributed by atoms with Crippen LogP contribution in [0.15, 0.2) is 17.2 Å². The summed E-state index contributed by atoms with van der Waals surface area (Å²) in [5.41, 5.74) is 4.10. The van der Waals surface area contributed by atoms with E-state index in [1.807, 2.05) is 0 Å². The Kier molecular flexibility index (Phi) is 5.84. The van der Waals surface area contributed by atoms with Crippen molar-refractivity contribution in [2.24, 2.45) is 11.0 Å². The van der Waals surface area contributed by atoms with Crippen LogP contribution in [0.25, 0.3) is 0 Å². The van der Waals surface area contributed by atoms with E-state index < -0.39 is 0 Å². The quantitative estimate of drug-likeness (QED) is 0.847. The molecule has 6 nitrogen and oxygen atoms in total. The molecular weight excluding hydrogens is 296 g/mol. The van der Waals surface area contributed by atoms with Gasteiger partial charge in [-0.25, -0.2) is 5.43 Å². The molecule has 0 bridgehead atoms. The molecule has 0 aromatic heterocycles. The van der Waals surface area contributed by atoms with Gasteiger partial charge in [0.2, 0.25) is 5.75 Å². The smallest absolute Gasteiger partial charge is 0.271 e. The maximum absolute atomic E-state index is 12.4. The second-order valence-corrected chi connectivity index (χ2v) is 5.60. The van der Waals surface area contributed by atoms with E-state index in [-0.39, 0.29) is 5.91 Å². The van der Waals surface area contributed by atoms with Gasteiger partial charge in [0.15, 0.2) is 11.5 Å². The minimum Gasteiger partial charge on any atom is -0.493 e. The van der Waals surface area contributed by atoms with Crippen LogP contribution in [-0.4, -0.2) is 32.9 Å². The minimum absolute atomic E-state index is 0.297. The average Bonchev–Trinajstić information content (AvgIpc) is 2.59. The third-order valence-electron chi connectivity index (χ3n) is 4.12. The summed E-state index contributed by atoms with van der Waals surface area (Å²) in [6, 6.07) is 3.22. The van der Waals surface area contributed by atoms with Crippen molar-refractivity contribution < 1.29 is 19.0 Å². The number of carbonyl (C=O) groups excluding carboxylic acids is 1. The van der Waals surface area contributed by atoms with Crippen molar-refractivity contribution in [1.29, 1.82) is 0 Å². The Morgan fingerprint density at radius 3 is 2.30 bits per heavy atom. The summed E-state index contributed by atoms with van der Waals surface area (Å²) in [4.78, 5) is 12.4. The van der Waals surface area contributed by atoms with Crippen LogP contribution in [0.4, 0.5) is 0 Å². The Bertz CT molecular complexity index is 573. The van der Waals surface area contributed by atoms with E-state index in [9.17, 15) is 4.79 Å². The van der Waals surface area contributed by atoms with Gasteiger partial charge in [-0.05, 0) is 37.3 Å². The summed E-state index contributed by atoms with van der Waals surface area (Å²) in [5.74, 6) is 1.46. The zero-order valence-electron chi connectivity index (χ0n) is 14.1. The van der Waals surface area contributed by atoms with Crippen LogP contribution in [0.1, 0.15) is 43.0 Å². The van der Waals surface area contributed by atoms with Gasteiger partial charge >= 0.3 is 0 Å². The van der Waals surface area contributed by atoms with Gasteiger partial charge < -0.3 is 14.2 Å². The SMILES string of the molecule is COc1cc(C(=O)N/N=C2\CCCCC2C)cc(OC)c1OC. The lowest BCUT2D eigenvalue weighted by molar-refractivity contribution is 0.0953. The van der Waals surface area contributed by atoms with Gasteiger partial charge in [-0.2, -0.15) is 5.10 Å². The largest absolute Gasteiger partial charge is 0.493 e. The molecule has 1 saturated carbocycles. The summed E-state index contributed by atoms with van der Waals surface area (Å²) in [7, 11) is 4.56. The highest BCUT2D eigenvalue weighted by Crippen LogP contribution is 2.38. The zero-order chi connectivity index (χ0) is 16.8. The number of carbonyl (C=O) groups is 1. The zero-order valence-corrected chi connectivity index (χ0v) is 14.1. The van der Waals surface area contributed by atoms with E-state index in [0.29, 0.717) is 28.7 Å². The van der Waals surface area contributed by atoms with E-state index in [1.54, 1.807) is 12.1 Å². The Morgan fingerprint density at radius 2 is 1.78 bits per heavy atom. The first-order valence-electron chi connectivity index (χ1n) is 7.77. The van der Waals surface area contributed by atoms with Crippen molar-refractivity contribution in [2.45, 2.75) is 32.6 Å². The lowest BCUT2D eigenvalue weighted by Gasteiger charge is -2.20. The van der Waals surface area contributed by atoms with Crippen LogP contribution < -0.4 is 19.6 Å². The van der Waals surface area contributed by atoms with Crippen LogP contribution in [0, 0.1) is 5.92 Å². The van der Waals surface area contributed by atoms with Gasteiger partial charge in [0.25, 0.3) is 5.91 Å². The molecule has 6 heteroatoms. The van der Waals surface area contributed by atoms with E-state index >= 15 is 0 Å². The third-order valence-corrected chi connectivity index (χ3v) is 4.12. The molecule has 1 unspecified atom stereocenters. The van der Waals surface area contributed by atoms with Crippen molar-refractivity contribution in [3.8, 4) is 17.2 Å². The van der Waals surface area contributed by atoms with Crippen LogP contribution >= 0.6 is 0 Å². The van der Waals surface area contributed by atoms with E-state index in [4.69, 9.17) is 14.2 Å². The van der Waals surface area contributed by atoms with Crippen molar-refractivity contribution in [1.82, 2.24) is 5.43 Å².